The monoisotopic (exact) mass is 313 g/mol. The summed E-state index contributed by atoms with van der Waals surface area (Å²) >= 11 is 0. The van der Waals surface area contributed by atoms with Gasteiger partial charge in [-0.25, -0.2) is 8.42 Å². The SMILES string of the molecule is CCCCCCCCCCS(=O)(=O)Nc1ccccc1O. The number of hydrogen-bond donors (Lipinski definition) is 2. The number of rotatable bonds is 11. The zero-order chi connectivity index (χ0) is 15.6. The summed E-state index contributed by atoms with van der Waals surface area (Å²) in [5.74, 6) is 0.0630. The molecule has 1 aromatic rings. The van der Waals surface area contributed by atoms with Gasteiger partial charge in [0.1, 0.15) is 5.75 Å². The van der Waals surface area contributed by atoms with Crippen LogP contribution in [0.15, 0.2) is 24.3 Å². The van der Waals surface area contributed by atoms with Crippen LogP contribution in [0.1, 0.15) is 58.3 Å². The molecule has 0 heterocycles. The molecule has 0 saturated carbocycles. The highest BCUT2D eigenvalue weighted by atomic mass is 32.2. The van der Waals surface area contributed by atoms with Gasteiger partial charge in [-0.15, -0.1) is 0 Å². The van der Waals surface area contributed by atoms with Crippen molar-refractivity contribution >= 4 is 15.7 Å². The molecule has 0 spiro atoms. The summed E-state index contributed by atoms with van der Waals surface area (Å²) in [6.45, 7) is 2.20. The fourth-order valence-electron chi connectivity index (χ4n) is 2.20. The Morgan fingerprint density at radius 3 is 2.14 bits per heavy atom. The fraction of sp³-hybridized carbons (Fsp3) is 0.625. The maximum Gasteiger partial charge on any atom is 0.232 e. The highest BCUT2D eigenvalue weighted by molar-refractivity contribution is 7.92. The molecular weight excluding hydrogens is 286 g/mol. The molecule has 0 aliphatic heterocycles. The average Bonchev–Trinajstić information content (AvgIpc) is 2.44. The molecule has 0 amide bonds. The predicted octanol–water partition coefficient (Wildman–Crippen LogP) is 4.27. The van der Waals surface area contributed by atoms with E-state index in [4.69, 9.17) is 0 Å². The highest BCUT2D eigenvalue weighted by Crippen LogP contribution is 2.23. The van der Waals surface area contributed by atoms with Crippen LogP contribution in [0.3, 0.4) is 0 Å². The molecule has 0 fully saturated rings. The van der Waals surface area contributed by atoms with Gasteiger partial charge in [0.05, 0.1) is 11.4 Å². The number of para-hydroxylation sites is 2. The van der Waals surface area contributed by atoms with E-state index in [-0.39, 0.29) is 17.2 Å². The predicted molar refractivity (Wildman–Crippen MR) is 88.1 cm³/mol. The molecule has 0 saturated heterocycles. The van der Waals surface area contributed by atoms with Gasteiger partial charge in [0, 0.05) is 0 Å². The lowest BCUT2D eigenvalue weighted by Gasteiger charge is -2.09. The largest absolute Gasteiger partial charge is 0.506 e. The Balaban J connectivity index is 2.20. The van der Waals surface area contributed by atoms with Crippen LogP contribution in [0.5, 0.6) is 5.75 Å². The van der Waals surface area contributed by atoms with Crippen LogP contribution in [0.4, 0.5) is 5.69 Å². The molecule has 0 atom stereocenters. The van der Waals surface area contributed by atoms with Crippen molar-refractivity contribution < 1.29 is 13.5 Å². The van der Waals surface area contributed by atoms with Crippen LogP contribution in [-0.2, 0) is 10.0 Å². The van der Waals surface area contributed by atoms with Crippen LogP contribution < -0.4 is 4.72 Å². The molecule has 0 aliphatic carbocycles. The Labute approximate surface area is 128 Å². The minimum atomic E-state index is -3.37. The quantitative estimate of drug-likeness (QED) is 0.473. The van der Waals surface area contributed by atoms with Crippen molar-refractivity contribution in [1.29, 1.82) is 0 Å². The lowest BCUT2D eigenvalue weighted by molar-refractivity contribution is 0.477. The van der Waals surface area contributed by atoms with Crippen molar-refractivity contribution in [2.75, 3.05) is 10.5 Å². The van der Waals surface area contributed by atoms with E-state index in [9.17, 15) is 13.5 Å². The lowest BCUT2D eigenvalue weighted by atomic mass is 10.1. The summed E-state index contributed by atoms with van der Waals surface area (Å²) in [7, 11) is -3.37. The number of benzene rings is 1. The van der Waals surface area contributed by atoms with Gasteiger partial charge in [-0.2, -0.15) is 0 Å². The zero-order valence-corrected chi connectivity index (χ0v) is 13.7. The minimum Gasteiger partial charge on any atom is -0.506 e. The first-order valence-electron chi connectivity index (χ1n) is 7.83. The second kappa shape index (κ2) is 9.66. The second-order valence-corrected chi connectivity index (χ2v) is 7.25. The molecule has 4 nitrogen and oxygen atoms in total. The van der Waals surface area contributed by atoms with Crippen LogP contribution in [-0.4, -0.2) is 19.3 Å². The zero-order valence-electron chi connectivity index (χ0n) is 12.8. The van der Waals surface area contributed by atoms with E-state index in [0.717, 1.165) is 12.8 Å². The maximum atomic E-state index is 11.9. The summed E-state index contributed by atoms with van der Waals surface area (Å²) in [5, 5.41) is 9.56. The molecule has 0 aliphatic rings. The third-order valence-electron chi connectivity index (χ3n) is 3.44. The van der Waals surface area contributed by atoms with E-state index in [0.29, 0.717) is 6.42 Å². The van der Waals surface area contributed by atoms with E-state index in [1.165, 1.54) is 38.2 Å². The molecule has 0 unspecified atom stereocenters. The van der Waals surface area contributed by atoms with Gasteiger partial charge >= 0.3 is 0 Å². The van der Waals surface area contributed by atoms with E-state index >= 15 is 0 Å². The fourth-order valence-corrected chi connectivity index (χ4v) is 3.40. The van der Waals surface area contributed by atoms with Gasteiger partial charge < -0.3 is 5.11 Å². The number of sulfonamides is 1. The molecule has 0 radical (unpaired) electrons. The minimum absolute atomic E-state index is 0.0444. The molecule has 21 heavy (non-hydrogen) atoms. The van der Waals surface area contributed by atoms with Gasteiger partial charge in [0.15, 0.2) is 0 Å². The Morgan fingerprint density at radius 2 is 1.52 bits per heavy atom. The third-order valence-corrected chi connectivity index (χ3v) is 4.79. The number of nitrogens with one attached hydrogen (secondary N) is 1. The summed E-state index contributed by atoms with van der Waals surface area (Å²) < 4.78 is 26.2. The van der Waals surface area contributed by atoms with Gasteiger partial charge in [0.25, 0.3) is 0 Å². The summed E-state index contributed by atoms with van der Waals surface area (Å²) in [6.07, 6.45) is 8.95. The highest BCUT2D eigenvalue weighted by Gasteiger charge is 2.11. The molecule has 0 aromatic heterocycles. The van der Waals surface area contributed by atoms with E-state index in [1.807, 2.05) is 0 Å². The number of anilines is 1. The van der Waals surface area contributed by atoms with Gasteiger partial charge in [-0.1, -0.05) is 64.0 Å². The normalized spacial score (nSPS) is 11.5. The summed E-state index contributed by atoms with van der Waals surface area (Å²) in [4.78, 5) is 0. The number of phenolic OH excluding ortho intramolecular Hbond substituents is 1. The first-order valence-corrected chi connectivity index (χ1v) is 9.49. The standard InChI is InChI=1S/C16H27NO3S/c1-2-3-4-5-6-7-8-11-14-21(19,20)17-15-12-9-10-13-16(15)18/h9-10,12-13,17-18H,2-8,11,14H2,1H3. The lowest BCUT2D eigenvalue weighted by Crippen LogP contribution is -2.16. The Hall–Kier alpha value is -1.23. The molecular formula is C16H27NO3S. The number of hydrogen-bond acceptors (Lipinski definition) is 3. The smallest absolute Gasteiger partial charge is 0.232 e. The van der Waals surface area contributed by atoms with Crippen molar-refractivity contribution in [2.45, 2.75) is 58.3 Å². The molecule has 1 rings (SSSR count). The van der Waals surface area contributed by atoms with Gasteiger partial charge in [0.2, 0.25) is 10.0 Å². The van der Waals surface area contributed by atoms with Crippen molar-refractivity contribution in [3.63, 3.8) is 0 Å². The Kier molecular flexibility index (Phi) is 8.20. The maximum absolute atomic E-state index is 11.9. The van der Waals surface area contributed by atoms with Crippen molar-refractivity contribution in [3.8, 4) is 5.75 Å². The topological polar surface area (TPSA) is 66.4 Å². The Bertz CT molecular complexity index is 500. The molecule has 1 aromatic carbocycles. The average molecular weight is 313 g/mol. The van der Waals surface area contributed by atoms with E-state index in [2.05, 4.69) is 11.6 Å². The number of phenols is 1. The number of aromatic hydroxyl groups is 1. The third kappa shape index (κ3) is 7.95. The van der Waals surface area contributed by atoms with Crippen molar-refractivity contribution in [1.82, 2.24) is 0 Å². The van der Waals surface area contributed by atoms with Crippen molar-refractivity contribution in [2.24, 2.45) is 0 Å². The van der Waals surface area contributed by atoms with E-state index in [1.54, 1.807) is 18.2 Å². The number of unbranched alkanes of at least 4 members (excludes halogenated alkanes) is 7. The van der Waals surface area contributed by atoms with Crippen molar-refractivity contribution in [3.05, 3.63) is 24.3 Å². The summed E-state index contributed by atoms with van der Waals surface area (Å²) in [6, 6.07) is 6.37. The Morgan fingerprint density at radius 1 is 0.952 bits per heavy atom. The molecule has 2 N–H and O–H groups in total. The summed E-state index contributed by atoms with van der Waals surface area (Å²) in [5.41, 5.74) is 0.247. The molecule has 0 bridgehead atoms. The first kappa shape index (κ1) is 17.8. The van der Waals surface area contributed by atoms with Gasteiger partial charge in [-0.05, 0) is 18.6 Å². The second-order valence-electron chi connectivity index (χ2n) is 5.41. The molecule has 120 valence electrons. The van der Waals surface area contributed by atoms with Crippen LogP contribution in [0.25, 0.3) is 0 Å². The van der Waals surface area contributed by atoms with Crippen LogP contribution in [0.2, 0.25) is 0 Å². The van der Waals surface area contributed by atoms with Crippen LogP contribution in [0, 0.1) is 0 Å². The van der Waals surface area contributed by atoms with Crippen LogP contribution >= 0.6 is 0 Å². The van der Waals surface area contributed by atoms with Gasteiger partial charge in [-0.3, -0.25) is 4.72 Å². The first-order chi connectivity index (χ1) is 10.0. The molecule has 5 heteroatoms. The van der Waals surface area contributed by atoms with E-state index < -0.39 is 10.0 Å².